The average molecular weight is 287 g/mol. The number of nitrogens with one attached hydrogen (secondary N) is 1. The van der Waals surface area contributed by atoms with Crippen LogP contribution >= 0.6 is 23.2 Å². The van der Waals surface area contributed by atoms with E-state index in [9.17, 15) is 4.79 Å². The molecule has 1 aliphatic carbocycles. The third-order valence-corrected chi connectivity index (χ3v) is 3.72. The van der Waals surface area contributed by atoms with Crippen LogP contribution in [-0.2, 0) is 11.2 Å². The van der Waals surface area contributed by atoms with Gasteiger partial charge in [-0.3, -0.25) is 4.79 Å². The van der Waals surface area contributed by atoms with Crippen molar-refractivity contribution < 1.29 is 4.79 Å². The summed E-state index contributed by atoms with van der Waals surface area (Å²) in [5.41, 5.74) is 6.69. The number of hydrogen-bond acceptors (Lipinski definition) is 2. The normalized spacial score (nSPS) is 16.4. The van der Waals surface area contributed by atoms with Crippen molar-refractivity contribution in [1.82, 2.24) is 5.32 Å². The molecule has 0 heterocycles. The van der Waals surface area contributed by atoms with Crippen molar-refractivity contribution >= 4 is 29.1 Å². The van der Waals surface area contributed by atoms with Crippen LogP contribution in [0.3, 0.4) is 0 Å². The van der Waals surface area contributed by atoms with E-state index in [1.165, 1.54) is 12.8 Å². The van der Waals surface area contributed by atoms with Crippen molar-refractivity contribution in [2.75, 3.05) is 6.54 Å². The van der Waals surface area contributed by atoms with Gasteiger partial charge in [0, 0.05) is 22.6 Å². The number of hydrogen-bond donors (Lipinski definition) is 2. The molecule has 3 nitrogen and oxygen atoms in total. The first-order valence-electron chi connectivity index (χ1n) is 6.02. The summed E-state index contributed by atoms with van der Waals surface area (Å²) in [5, 5.41) is 3.93. The van der Waals surface area contributed by atoms with E-state index in [1.54, 1.807) is 18.2 Å². The van der Waals surface area contributed by atoms with Gasteiger partial charge in [-0.05, 0) is 36.5 Å². The van der Waals surface area contributed by atoms with Gasteiger partial charge in [-0.1, -0.05) is 29.3 Å². The van der Waals surface area contributed by atoms with Crippen LogP contribution in [0.1, 0.15) is 18.4 Å². The molecular formula is C13H16Cl2N2O. The second-order valence-electron chi connectivity index (χ2n) is 4.72. The van der Waals surface area contributed by atoms with Crippen molar-refractivity contribution in [2.45, 2.75) is 25.3 Å². The SMILES string of the molecule is NC(CNC(=O)Cc1ccc(Cl)cc1Cl)C1CC1. The highest BCUT2D eigenvalue weighted by atomic mass is 35.5. The van der Waals surface area contributed by atoms with Crippen LogP contribution < -0.4 is 11.1 Å². The van der Waals surface area contributed by atoms with E-state index in [2.05, 4.69) is 5.32 Å². The minimum absolute atomic E-state index is 0.0599. The highest BCUT2D eigenvalue weighted by molar-refractivity contribution is 6.35. The van der Waals surface area contributed by atoms with Crippen LogP contribution in [0.25, 0.3) is 0 Å². The molecule has 5 heteroatoms. The zero-order chi connectivity index (χ0) is 13.1. The lowest BCUT2D eigenvalue weighted by molar-refractivity contribution is -0.120. The van der Waals surface area contributed by atoms with Gasteiger partial charge in [0.15, 0.2) is 0 Å². The fourth-order valence-electron chi connectivity index (χ4n) is 1.82. The topological polar surface area (TPSA) is 55.1 Å². The summed E-state index contributed by atoms with van der Waals surface area (Å²) in [6.45, 7) is 0.536. The Hall–Kier alpha value is -0.770. The molecule has 1 saturated carbocycles. The Morgan fingerprint density at radius 2 is 2.17 bits per heavy atom. The van der Waals surface area contributed by atoms with Crippen LogP contribution in [-0.4, -0.2) is 18.5 Å². The number of carbonyl (C=O) groups is 1. The highest BCUT2D eigenvalue weighted by Gasteiger charge is 2.28. The molecule has 1 aliphatic rings. The molecule has 0 aliphatic heterocycles. The van der Waals surface area contributed by atoms with Crippen LogP contribution in [0.2, 0.25) is 10.0 Å². The van der Waals surface area contributed by atoms with Crippen molar-refractivity contribution in [3.63, 3.8) is 0 Å². The molecule has 1 aromatic rings. The van der Waals surface area contributed by atoms with Gasteiger partial charge in [-0.15, -0.1) is 0 Å². The Bertz CT molecular complexity index is 447. The largest absolute Gasteiger partial charge is 0.354 e. The monoisotopic (exact) mass is 286 g/mol. The lowest BCUT2D eigenvalue weighted by Gasteiger charge is -2.12. The van der Waals surface area contributed by atoms with Gasteiger partial charge < -0.3 is 11.1 Å². The molecule has 1 atom stereocenters. The molecule has 3 N–H and O–H groups in total. The maximum Gasteiger partial charge on any atom is 0.224 e. The minimum atomic E-state index is -0.0599. The Labute approximate surface area is 117 Å². The zero-order valence-electron chi connectivity index (χ0n) is 9.96. The van der Waals surface area contributed by atoms with E-state index >= 15 is 0 Å². The summed E-state index contributed by atoms with van der Waals surface area (Å²) in [6, 6.07) is 5.22. The molecule has 1 amide bonds. The molecule has 0 saturated heterocycles. The molecule has 1 fully saturated rings. The first kappa shape index (κ1) is 13.7. The number of amides is 1. The summed E-state index contributed by atoms with van der Waals surface area (Å²) in [4.78, 5) is 11.7. The van der Waals surface area contributed by atoms with E-state index in [-0.39, 0.29) is 18.4 Å². The molecule has 0 spiro atoms. The molecule has 1 unspecified atom stereocenters. The molecule has 0 aromatic heterocycles. The van der Waals surface area contributed by atoms with Crippen molar-refractivity contribution in [3.8, 4) is 0 Å². The third kappa shape index (κ3) is 3.87. The highest BCUT2D eigenvalue weighted by Crippen LogP contribution is 2.31. The summed E-state index contributed by atoms with van der Waals surface area (Å²) < 4.78 is 0. The van der Waals surface area contributed by atoms with E-state index in [0.717, 1.165) is 5.56 Å². The summed E-state index contributed by atoms with van der Waals surface area (Å²) >= 11 is 11.8. The Morgan fingerprint density at radius 3 is 2.78 bits per heavy atom. The fourth-order valence-corrected chi connectivity index (χ4v) is 2.30. The molecule has 0 radical (unpaired) electrons. The van der Waals surface area contributed by atoms with E-state index < -0.39 is 0 Å². The van der Waals surface area contributed by atoms with Gasteiger partial charge in [-0.2, -0.15) is 0 Å². The van der Waals surface area contributed by atoms with Gasteiger partial charge in [0.25, 0.3) is 0 Å². The molecule has 98 valence electrons. The predicted octanol–water partition coefficient (Wildman–Crippen LogP) is 2.39. The molecular weight excluding hydrogens is 271 g/mol. The van der Waals surface area contributed by atoms with Crippen LogP contribution in [0, 0.1) is 5.92 Å². The van der Waals surface area contributed by atoms with Gasteiger partial charge in [0.1, 0.15) is 0 Å². The first-order valence-corrected chi connectivity index (χ1v) is 6.78. The van der Waals surface area contributed by atoms with Gasteiger partial charge in [0.2, 0.25) is 5.91 Å². The average Bonchev–Trinajstić information content (AvgIpc) is 3.14. The molecule has 2 rings (SSSR count). The number of carbonyl (C=O) groups excluding carboxylic acids is 1. The minimum Gasteiger partial charge on any atom is -0.354 e. The Balaban J connectivity index is 1.82. The Morgan fingerprint density at radius 1 is 1.44 bits per heavy atom. The lowest BCUT2D eigenvalue weighted by atomic mass is 10.1. The van der Waals surface area contributed by atoms with Crippen LogP contribution in [0.4, 0.5) is 0 Å². The van der Waals surface area contributed by atoms with Gasteiger partial charge in [0.05, 0.1) is 6.42 Å². The standard InChI is InChI=1S/C13H16Cl2N2O/c14-10-4-3-9(11(15)6-10)5-13(18)17-7-12(16)8-1-2-8/h3-4,6,8,12H,1-2,5,7,16H2,(H,17,18). The molecule has 1 aromatic carbocycles. The second-order valence-corrected chi connectivity index (χ2v) is 5.56. The number of halogens is 2. The smallest absolute Gasteiger partial charge is 0.224 e. The maximum atomic E-state index is 11.7. The predicted molar refractivity (Wildman–Crippen MR) is 73.9 cm³/mol. The first-order chi connectivity index (χ1) is 8.56. The summed E-state index contributed by atoms with van der Waals surface area (Å²) in [5.74, 6) is 0.528. The van der Waals surface area contributed by atoms with E-state index in [1.807, 2.05) is 0 Å². The molecule has 0 bridgehead atoms. The van der Waals surface area contributed by atoms with Crippen molar-refractivity contribution in [3.05, 3.63) is 33.8 Å². The van der Waals surface area contributed by atoms with Crippen molar-refractivity contribution in [1.29, 1.82) is 0 Å². The van der Waals surface area contributed by atoms with Gasteiger partial charge >= 0.3 is 0 Å². The quantitative estimate of drug-likeness (QED) is 0.873. The zero-order valence-corrected chi connectivity index (χ0v) is 11.5. The second kappa shape index (κ2) is 5.91. The van der Waals surface area contributed by atoms with E-state index in [4.69, 9.17) is 28.9 Å². The van der Waals surface area contributed by atoms with Crippen LogP contribution in [0.15, 0.2) is 18.2 Å². The summed E-state index contributed by atoms with van der Waals surface area (Å²) in [7, 11) is 0. The van der Waals surface area contributed by atoms with Gasteiger partial charge in [-0.25, -0.2) is 0 Å². The Kier molecular flexibility index (Phi) is 4.49. The number of rotatable bonds is 5. The maximum absolute atomic E-state index is 11.7. The van der Waals surface area contributed by atoms with E-state index in [0.29, 0.717) is 22.5 Å². The third-order valence-electron chi connectivity index (χ3n) is 3.13. The number of nitrogens with two attached hydrogens (primary N) is 1. The van der Waals surface area contributed by atoms with Crippen molar-refractivity contribution in [2.24, 2.45) is 11.7 Å². The molecule has 18 heavy (non-hydrogen) atoms. The summed E-state index contributed by atoms with van der Waals surface area (Å²) in [6.07, 6.45) is 2.62. The van der Waals surface area contributed by atoms with Crippen LogP contribution in [0.5, 0.6) is 0 Å². The fraction of sp³-hybridized carbons (Fsp3) is 0.462. The number of benzene rings is 1. The lowest BCUT2D eigenvalue weighted by Crippen LogP contribution is -2.39.